The number of aromatic nitrogens is 2. The molecule has 5 nitrogen and oxygen atoms in total. The number of benzene rings is 1. The Morgan fingerprint density at radius 3 is 2.85 bits per heavy atom. The van der Waals surface area contributed by atoms with Crippen molar-refractivity contribution in [3.05, 3.63) is 40.4 Å². The molecule has 2 heterocycles. The highest BCUT2D eigenvalue weighted by Gasteiger charge is 2.21. The Morgan fingerprint density at radius 2 is 2.15 bits per heavy atom. The first kappa shape index (κ1) is 13.2. The van der Waals surface area contributed by atoms with Crippen molar-refractivity contribution in [3.8, 4) is 0 Å². The van der Waals surface area contributed by atoms with Crippen LogP contribution in [0, 0.1) is 6.92 Å². The fraction of sp³-hybridized carbons (Fsp3) is 0.357. The Balaban J connectivity index is 1.68. The van der Waals surface area contributed by atoms with E-state index in [4.69, 9.17) is 0 Å². The molecule has 2 aromatic rings. The van der Waals surface area contributed by atoms with Crippen LogP contribution in [0.5, 0.6) is 0 Å². The predicted octanol–water partition coefficient (Wildman–Crippen LogP) is 2.52. The number of aryl methyl sites for hydroxylation is 1. The fourth-order valence-corrected chi connectivity index (χ4v) is 3.04. The molecule has 1 aromatic heterocycles. The second kappa shape index (κ2) is 5.68. The highest BCUT2D eigenvalue weighted by Crippen LogP contribution is 2.27. The van der Waals surface area contributed by atoms with Crippen LogP contribution in [-0.4, -0.2) is 22.6 Å². The zero-order chi connectivity index (χ0) is 13.9. The molecule has 20 heavy (non-hydrogen) atoms. The lowest BCUT2D eigenvalue weighted by molar-refractivity contribution is 0.102. The van der Waals surface area contributed by atoms with E-state index in [1.807, 2.05) is 31.2 Å². The SMILES string of the molecule is Cc1ccc(C(=O)Nc2nnc(C3CCCN3)s2)cc1. The Labute approximate surface area is 121 Å². The molecule has 2 N–H and O–H groups in total. The van der Waals surface area contributed by atoms with E-state index in [0.717, 1.165) is 30.0 Å². The zero-order valence-electron chi connectivity index (χ0n) is 11.2. The summed E-state index contributed by atoms with van der Waals surface area (Å²) in [6, 6.07) is 7.75. The summed E-state index contributed by atoms with van der Waals surface area (Å²) in [7, 11) is 0. The van der Waals surface area contributed by atoms with Gasteiger partial charge in [-0.05, 0) is 38.4 Å². The molecular weight excluding hydrogens is 272 g/mol. The first-order chi connectivity index (χ1) is 9.72. The van der Waals surface area contributed by atoms with Gasteiger partial charge >= 0.3 is 0 Å². The van der Waals surface area contributed by atoms with Gasteiger partial charge in [-0.15, -0.1) is 10.2 Å². The average molecular weight is 288 g/mol. The molecule has 1 amide bonds. The van der Waals surface area contributed by atoms with Crippen molar-refractivity contribution in [2.45, 2.75) is 25.8 Å². The van der Waals surface area contributed by atoms with Gasteiger partial charge in [-0.3, -0.25) is 10.1 Å². The molecule has 1 aliphatic heterocycles. The van der Waals surface area contributed by atoms with Crippen LogP contribution >= 0.6 is 11.3 Å². The third-order valence-corrected chi connectivity index (χ3v) is 4.29. The van der Waals surface area contributed by atoms with Gasteiger partial charge in [0.15, 0.2) is 0 Å². The van der Waals surface area contributed by atoms with E-state index in [-0.39, 0.29) is 11.9 Å². The van der Waals surface area contributed by atoms with E-state index in [1.165, 1.54) is 11.3 Å². The van der Waals surface area contributed by atoms with Crippen molar-refractivity contribution in [1.82, 2.24) is 15.5 Å². The van der Waals surface area contributed by atoms with E-state index < -0.39 is 0 Å². The zero-order valence-corrected chi connectivity index (χ0v) is 12.0. The molecule has 0 spiro atoms. The summed E-state index contributed by atoms with van der Waals surface area (Å²) in [6.45, 7) is 3.02. The molecule has 1 aromatic carbocycles. The monoisotopic (exact) mass is 288 g/mol. The van der Waals surface area contributed by atoms with Gasteiger partial charge in [0.2, 0.25) is 5.13 Å². The molecule has 0 bridgehead atoms. The first-order valence-electron chi connectivity index (χ1n) is 6.67. The summed E-state index contributed by atoms with van der Waals surface area (Å²) in [5.74, 6) is -0.146. The van der Waals surface area contributed by atoms with Crippen LogP contribution in [-0.2, 0) is 0 Å². The minimum absolute atomic E-state index is 0.146. The van der Waals surface area contributed by atoms with Crippen LogP contribution in [0.25, 0.3) is 0 Å². The molecule has 3 rings (SSSR count). The predicted molar refractivity (Wildman–Crippen MR) is 79.0 cm³/mol. The summed E-state index contributed by atoms with van der Waals surface area (Å²) in [5, 5.41) is 15.9. The van der Waals surface area contributed by atoms with Gasteiger partial charge in [-0.1, -0.05) is 29.0 Å². The van der Waals surface area contributed by atoms with Crippen LogP contribution in [0.15, 0.2) is 24.3 Å². The number of carbonyl (C=O) groups is 1. The van der Waals surface area contributed by atoms with Gasteiger partial charge in [-0.2, -0.15) is 0 Å². The highest BCUT2D eigenvalue weighted by molar-refractivity contribution is 7.15. The summed E-state index contributed by atoms with van der Waals surface area (Å²) in [6.07, 6.45) is 2.25. The lowest BCUT2D eigenvalue weighted by Gasteiger charge is -2.03. The largest absolute Gasteiger partial charge is 0.308 e. The Morgan fingerprint density at radius 1 is 1.35 bits per heavy atom. The number of carbonyl (C=O) groups excluding carboxylic acids is 1. The lowest BCUT2D eigenvalue weighted by Crippen LogP contribution is -2.12. The van der Waals surface area contributed by atoms with Crippen LogP contribution in [0.3, 0.4) is 0 Å². The topological polar surface area (TPSA) is 66.9 Å². The van der Waals surface area contributed by atoms with Gasteiger partial charge in [0, 0.05) is 5.56 Å². The molecular formula is C14H16N4OS. The van der Waals surface area contributed by atoms with Gasteiger partial charge < -0.3 is 5.32 Å². The normalized spacial score (nSPS) is 18.1. The van der Waals surface area contributed by atoms with Gasteiger partial charge in [0.05, 0.1) is 6.04 Å². The molecule has 1 saturated heterocycles. The molecule has 6 heteroatoms. The smallest absolute Gasteiger partial charge is 0.257 e. The minimum atomic E-state index is -0.146. The van der Waals surface area contributed by atoms with Crippen molar-refractivity contribution < 1.29 is 4.79 Å². The molecule has 1 fully saturated rings. The molecule has 104 valence electrons. The van der Waals surface area contributed by atoms with Gasteiger partial charge in [0.25, 0.3) is 5.91 Å². The summed E-state index contributed by atoms with van der Waals surface area (Å²) in [5.41, 5.74) is 1.76. The van der Waals surface area contributed by atoms with E-state index in [0.29, 0.717) is 10.7 Å². The molecule has 0 aliphatic carbocycles. The Kier molecular flexibility index (Phi) is 3.75. The van der Waals surface area contributed by atoms with Crippen LogP contribution < -0.4 is 10.6 Å². The average Bonchev–Trinajstić information content (AvgIpc) is 3.09. The summed E-state index contributed by atoms with van der Waals surface area (Å²) < 4.78 is 0. The number of nitrogens with one attached hydrogen (secondary N) is 2. The quantitative estimate of drug-likeness (QED) is 0.910. The lowest BCUT2D eigenvalue weighted by atomic mass is 10.1. The van der Waals surface area contributed by atoms with E-state index >= 15 is 0 Å². The summed E-state index contributed by atoms with van der Waals surface area (Å²) in [4.78, 5) is 12.1. The molecule has 1 aliphatic rings. The van der Waals surface area contributed by atoms with Crippen molar-refractivity contribution >= 4 is 22.4 Å². The van der Waals surface area contributed by atoms with E-state index in [9.17, 15) is 4.79 Å². The maximum absolute atomic E-state index is 12.1. The number of nitrogens with zero attached hydrogens (tertiary/aromatic N) is 2. The molecule has 0 saturated carbocycles. The van der Waals surface area contributed by atoms with E-state index in [1.54, 1.807) is 0 Å². The van der Waals surface area contributed by atoms with Crippen molar-refractivity contribution in [2.24, 2.45) is 0 Å². The standard InChI is InChI=1S/C14H16N4OS/c1-9-4-6-10(7-5-9)12(19)16-14-18-17-13(20-14)11-3-2-8-15-11/h4-7,11,15H,2-3,8H2,1H3,(H,16,18,19). The fourth-order valence-electron chi connectivity index (χ4n) is 2.20. The summed E-state index contributed by atoms with van der Waals surface area (Å²) >= 11 is 1.44. The molecule has 1 atom stereocenters. The van der Waals surface area contributed by atoms with Crippen LogP contribution in [0.2, 0.25) is 0 Å². The van der Waals surface area contributed by atoms with Gasteiger partial charge in [-0.25, -0.2) is 0 Å². The van der Waals surface area contributed by atoms with Crippen molar-refractivity contribution in [1.29, 1.82) is 0 Å². The van der Waals surface area contributed by atoms with Crippen LogP contribution in [0.4, 0.5) is 5.13 Å². The highest BCUT2D eigenvalue weighted by atomic mass is 32.1. The maximum atomic E-state index is 12.1. The Hall–Kier alpha value is -1.79. The number of hydrogen-bond acceptors (Lipinski definition) is 5. The van der Waals surface area contributed by atoms with Gasteiger partial charge in [0.1, 0.15) is 5.01 Å². The molecule has 1 unspecified atom stereocenters. The molecule has 0 radical (unpaired) electrons. The van der Waals surface area contributed by atoms with Crippen molar-refractivity contribution in [3.63, 3.8) is 0 Å². The third-order valence-electron chi connectivity index (χ3n) is 3.33. The second-order valence-corrected chi connectivity index (χ2v) is 5.92. The first-order valence-corrected chi connectivity index (χ1v) is 7.49. The van der Waals surface area contributed by atoms with Crippen molar-refractivity contribution in [2.75, 3.05) is 11.9 Å². The van der Waals surface area contributed by atoms with Crippen LogP contribution in [0.1, 0.15) is 39.8 Å². The minimum Gasteiger partial charge on any atom is -0.308 e. The number of amides is 1. The van der Waals surface area contributed by atoms with E-state index in [2.05, 4.69) is 20.8 Å². The third kappa shape index (κ3) is 2.86. The second-order valence-electron chi connectivity index (χ2n) is 4.91. The number of hydrogen-bond donors (Lipinski definition) is 2. The number of rotatable bonds is 3. The number of anilines is 1. The Bertz CT molecular complexity index is 602. The maximum Gasteiger partial charge on any atom is 0.257 e.